The fraction of sp³-hybridized carbons (Fsp3) is 0.423. The topological polar surface area (TPSA) is 122 Å². The monoisotopic (exact) mass is 494 g/mol. The highest BCUT2D eigenvalue weighted by molar-refractivity contribution is 5.94. The molecule has 36 heavy (non-hydrogen) atoms. The van der Waals surface area contributed by atoms with Crippen LogP contribution in [-0.4, -0.2) is 61.9 Å². The second-order valence-corrected chi connectivity index (χ2v) is 9.78. The average Bonchev–Trinajstić information content (AvgIpc) is 3.59. The van der Waals surface area contributed by atoms with Gasteiger partial charge in [0.25, 0.3) is 0 Å². The van der Waals surface area contributed by atoms with Crippen molar-refractivity contribution >= 4 is 28.0 Å². The van der Waals surface area contributed by atoms with E-state index in [1.54, 1.807) is 18.3 Å². The number of hydrogen-bond donors (Lipinski definition) is 3. The van der Waals surface area contributed by atoms with Crippen LogP contribution in [0, 0.1) is 5.82 Å². The molecule has 3 N–H and O–H groups in total. The summed E-state index contributed by atoms with van der Waals surface area (Å²) >= 11 is 0. The molecular weight excluding hydrogens is 467 g/mol. The van der Waals surface area contributed by atoms with E-state index < -0.39 is 17.4 Å². The van der Waals surface area contributed by atoms with Crippen molar-refractivity contribution in [3.05, 3.63) is 47.5 Å². The molecule has 9 nitrogen and oxygen atoms in total. The maximum Gasteiger partial charge on any atom is 0.335 e. The highest BCUT2D eigenvalue weighted by Gasteiger charge is 2.46. The van der Waals surface area contributed by atoms with Crippen molar-refractivity contribution in [1.82, 2.24) is 19.7 Å². The van der Waals surface area contributed by atoms with Crippen molar-refractivity contribution in [1.29, 1.82) is 0 Å². The zero-order valence-electron chi connectivity index (χ0n) is 19.8. The quantitative estimate of drug-likeness (QED) is 0.383. The molecule has 3 aromatic heterocycles. The van der Waals surface area contributed by atoms with E-state index in [0.29, 0.717) is 25.3 Å². The number of carboxylic acid groups (broad SMARTS) is 1. The average molecular weight is 495 g/mol. The number of nitrogens with zero attached hydrogens (tertiary/aromatic N) is 3. The van der Waals surface area contributed by atoms with E-state index in [1.165, 1.54) is 13.2 Å². The van der Waals surface area contributed by atoms with Gasteiger partial charge < -0.3 is 24.3 Å². The van der Waals surface area contributed by atoms with E-state index in [0.717, 1.165) is 46.2 Å². The molecule has 1 aliphatic carbocycles. The lowest BCUT2D eigenvalue weighted by Gasteiger charge is -2.27. The third-order valence-corrected chi connectivity index (χ3v) is 7.72. The molecule has 0 bridgehead atoms. The number of rotatable bonds is 5. The highest BCUT2D eigenvalue weighted by atomic mass is 19.1. The lowest BCUT2D eigenvalue weighted by Crippen LogP contribution is -2.35. The first kappa shape index (κ1) is 22.9. The van der Waals surface area contributed by atoms with E-state index in [2.05, 4.69) is 14.8 Å². The van der Waals surface area contributed by atoms with Crippen LogP contribution in [0.2, 0.25) is 0 Å². The first-order chi connectivity index (χ1) is 17.4. The second-order valence-electron chi connectivity index (χ2n) is 9.78. The molecular formula is C26H27FN4O5. The fourth-order valence-corrected chi connectivity index (χ4v) is 5.92. The summed E-state index contributed by atoms with van der Waals surface area (Å²) in [6, 6.07) is 6.77. The number of halogens is 1. The number of fused-ring (bicyclic) bond motifs is 2. The summed E-state index contributed by atoms with van der Waals surface area (Å²) < 4.78 is 27.4. The third kappa shape index (κ3) is 3.55. The molecule has 188 valence electrons. The number of methoxy groups -OCH3 is 1. The van der Waals surface area contributed by atoms with Crippen molar-refractivity contribution in [2.75, 3.05) is 20.3 Å². The highest BCUT2D eigenvalue weighted by Crippen LogP contribution is 2.49. The molecule has 1 saturated carbocycles. The van der Waals surface area contributed by atoms with Gasteiger partial charge >= 0.3 is 5.97 Å². The number of nitrogens with one attached hydrogen (secondary N) is 1. The molecule has 4 heterocycles. The van der Waals surface area contributed by atoms with E-state index >= 15 is 0 Å². The van der Waals surface area contributed by atoms with Gasteiger partial charge in [0.1, 0.15) is 0 Å². The minimum atomic E-state index is -1.77. The van der Waals surface area contributed by atoms with Gasteiger partial charge in [-0.3, -0.25) is 5.10 Å². The summed E-state index contributed by atoms with van der Waals surface area (Å²) in [5.41, 5.74) is 3.08. The Morgan fingerprint density at radius 1 is 1.25 bits per heavy atom. The molecule has 2 fully saturated rings. The molecule has 4 aromatic rings. The van der Waals surface area contributed by atoms with Crippen molar-refractivity contribution in [3.63, 3.8) is 0 Å². The predicted octanol–water partition coefficient (Wildman–Crippen LogP) is 4.03. The lowest BCUT2D eigenvalue weighted by atomic mass is 9.86. The Labute approximate surface area is 205 Å². The first-order valence-corrected chi connectivity index (χ1v) is 12.2. The largest absolute Gasteiger partial charge is 0.494 e. The SMILES string of the molecule is COc1cc(-n2c(C3CCOCC3)c([C@@H]3CC[C@@](O)(C(=O)O)C3)c3nc4[nH]ncc4cc32)ccc1F. The van der Waals surface area contributed by atoms with Crippen LogP contribution < -0.4 is 4.74 Å². The normalized spacial score (nSPS) is 23.0. The Morgan fingerprint density at radius 3 is 2.78 bits per heavy atom. The van der Waals surface area contributed by atoms with Gasteiger partial charge in [0, 0.05) is 47.5 Å². The van der Waals surface area contributed by atoms with E-state index in [9.17, 15) is 19.4 Å². The minimum absolute atomic E-state index is 0.104. The van der Waals surface area contributed by atoms with Gasteiger partial charge in [0.05, 0.1) is 24.3 Å². The van der Waals surface area contributed by atoms with Gasteiger partial charge in [-0.15, -0.1) is 0 Å². The summed E-state index contributed by atoms with van der Waals surface area (Å²) in [6.07, 6.45) is 4.08. The number of H-pyrrole nitrogens is 1. The molecule has 1 aliphatic heterocycles. The van der Waals surface area contributed by atoms with Crippen molar-refractivity contribution in [3.8, 4) is 11.4 Å². The predicted molar refractivity (Wildman–Crippen MR) is 129 cm³/mol. The minimum Gasteiger partial charge on any atom is -0.494 e. The number of aromatic nitrogens is 4. The number of aliphatic carboxylic acids is 1. The molecule has 2 aliphatic rings. The molecule has 1 aromatic carbocycles. The molecule has 0 radical (unpaired) electrons. The molecule has 6 rings (SSSR count). The number of aromatic amines is 1. The van der Waals surface area contributed by atoms with Crippen LogP contribution in [0.4, 0.5) is 4.39 Å². The van der Waals surface area contributed by atoms with Crippen molar-refractivity contribution in [2.45, 2.75) is 49.5 Å². The van der Waals surface area contributed by atoms with E-state index in [4.69, 9.17) is 14.5 Å². The Kier molecular flexibility index (Phi) is 5.45. The summed E-state index contributed by atoms with van der Waals surface area (Å²) in [6.45, 7) is 1.22. The zero-order chi connectivity index (χ0) is 25.0. The van der Waals surface area contributed by atoms with Gasteiger partial charge in [-0.2, -0.15) is 5.10 Å². The molecule has 10 heteroatoms. The number of ether oxygens (including phenoxy) is 2. The molecule has 0 spiro atoms. The number of carbonyl (C=O) groups is 1. The Balaban J connectivity index is 1.66. The summed E-state index contributed by atoms with van der Waals surface area (Å²) in [5.74, 6) is -1.61. The van der Waals surface area contributed by atoms with Gasteiger partial charge in [0.2, 0.25) is 0 Å². The second kappa shape index (κ2) is 8.56. The van der Waals surface area contributed by atoms with Crippen LogP contribution >= 0.6 is 0 Å². The van der Waals surface area contributed by atoms with Crippen LogP contribution in [0.15, 0.2) is 30.5 Å². The maximum absolute atomic E-state index is 14.4. The summed E-state index contributed by atoms with van der Waals surface area (Å²) in [7, 11) is 1.43. The summed E-state index contributed by atoms with van der Waals surface area (Å²) in [5, 5.41) is 28.4. The van der Waals surface area contributed by atoms with Crippen molar-refractivity contribution in [2.24, 2.45) is 0 Å². The molecule has 0 amide bonds. The Hall–Kier alpha value is -3.50. The van der Waals surface area contributed by atoms with E-state index in [-0.39, 0.29) is 30.4 Å². The first-order valence-electron chi connectivity index (χ1n) is 12.2. The standard InChI is InChI=1S/C26H27FN4O5/c1-35-20-11-17(2-3-18(20)27)31-19-10-16-13-28-30-24(16)29-22(19)21(23(31)14-5-8-36-9-6-14)15-4-7-26(34,12-15)25(32)33/h2-3,10-11,13-15,34H,4-9,12H2,1H3,(H,32,33)(H,28,29,30)/t15-,26+/m1/s1. The van der Waals surface area contributed by atoms with E-state index in [1.807, 2.05) is 6.07 Å². The number of aliphatic hydroxyl groups is 1. The number of benzene rings is 1. The number of hydrogen-bond acceptors (Lipinski definition) is 6. The summed E-state index contributed by atoms with van der Waals surface area (Å²) in [4.78, 5) is 16.8. The Bertz CT molecular complexity index is 1470. The van der Waals surface area contributed by atoms with Crippen LogP contribution in [0.1, 0.15) is 55.2 Å². The van der Waals surface area contributed by atoms with Gasteiger partial charge in [-0.05, 0) is 56.2 Å². The fourth-order valence-electron chi connectivity index (χ4n) is 5.92. The van der Waals surface area contributed by atoms with Crippen LogP contribution in [0.25, 0.3) is 27.8 Å². The van der Waals surface area contributed by atoms with Crippen LogP contribution in [-0.2, 0) is 9.53 Å². The lowest BCUT2D eigenvalue weighted by molar-refractivity contribution is -0.157. The van der Waals surface area contributed by atoms with Gasteiger partial charge in [0.15, 0.2) is 22.8 Å². The zero-order valence-corrected chi connectivity index (χ0v) is 19.8. The van der Waals surface area contributed by atoms with Gasteiger partial charge in [-0.25, -0.2) is 14.2 Å². The number of pyridine rings is 1. The van der Waals surface area contributed by atoms with Crippen LogP contribution in [0.5, 0.6) is 5.75 Å². The van der Waals surface area contributed by atoms with Crippen LogP contribution in [0.3, 0.4) is 0 Å². The molecule has 0 unspecified atom stereocenters. The number of carboxylic acids is 1. The van der Waals surface area contributed by atoms with Crippen molar-refractivity contribution < 1.29 is 28.9 Å². The van der Waals surface area contributed by atoms with Gasteiger partial charge in [-0.1, -0.05) is 0 Å². The Morgan fingerprint density at radius 2 is 2.06 bits per heavy atom. The molecule has 2 atom stereocenters. The third-order valence-electron chi connectivity index (χ3n) is 7.72. The smallest absolute Gasteiger partial charge is 0.335 e. The maximum atomic E-state index is 14.4. The molecule has 1 saturated heterocycles.